The van der Waals surface area contributed by atoms with E-state index in [1.807, 2.05) is 31.7 Å². The maximum atomic E-state index is 11.4. The molecule has 7 heteroatoms. The molecule has 0 saturated carbocycles. The zero-order valence-corrected chi connectivity index (χ0v) is 14.1. The van der Waals surface area contributed by atoms with E-state index in [-0.39, 0.29) is 22.1 Å². The highest BCUT2D eigenvalue weighted by Crippen LogP contribution is 2.32. The van der Waals surface area contributed by atoms with Crippen LogP contribution in [-0.4, -0.2) is 47.4 Å². The lowest BCUT2D eigenvalue weighted by atomic mass is 10.1. The lowest BCUT2D eigenvalue weighted by molar-refractivity contribution is -0.384. The van der Waals surface area contributed by atoms with Crippen LogP contribution in [0.2, 0.25) is 0 Å². The largest absolute Gasteiger partial charge is 0.375 e. The number of carbonyl (C=O) groups is 1. The molecule has 0 aliphatic carbocycles. The van der Waals surface area contributed by atoms with E-state index < -0.39 is 0 Å². The van der Waals surface area contributed by atoms with Crippen LogP contribution in [0, 0.1) is 10.1 Å². The van der Waals surface area contributed by atoms with Gasteiger partial charge in [0.2, 0.25) is 5.91 Å². The number of nitrogens with one attached hydrogen (secondary N) is 1. The highest BCUT2D eigenvalue weighted by atomic mass is 16.6. The van der Waals surface area contributed by atoms with Gasteiger partial charge in [-0.1, -0.05) is 0 Å². The summed E-state index contributed by atoms with van der Waals surface area (Å²) in [5, 5.41) is 14.4. The van der Waals surface area contributed by atoms with E-state index in [2.05, 4.69) is 10.2 Å². The van der Waals surface area contributed by atoms with Crippen molar-refractivity contribution < 1.29 is 9.72 Å². The lowest BCUT2D eigenvalue weighted by Crippen LogP contribution is -2.48. The first kappa shape index (κ1) is 17.1. The minimum Gasteiger partial charge on any atom is -0.375 e. The lowest BCUT2D eigenvalue weighted by Gasteiger charge is -2.36. The second kappa shape index (κ2) is 6.44. The zero-order valence-electron chi connectivity index (χ0n) is 14.1. The number of benzene rings is 1. The van der Waals surface area contributed by atoms with Crippen LogP contribution in [0.4, 0.5) is 17.1 Å². The average Bonchev–Trinajstić information content (AvgIpc) is 2.45. The fourth-order valence-corrected chi connectivity index (χ4v) is 2.66. The van der Waals surface area contributed by atoms with Gasteiger partial charge in [0.25, 0.3) is 5.69 Å². The number of rotatable bonds is 3. The van der Waals surface area contributed by atoms with Gasteiger partial charge < -0.3 is 15.1 Å². The summed E-state index contributed by atoms with van der Waals surface area (Å²) in [6.07, 6.45) is 0. The van der Waals surface area contributed by atoms with Crippen LogP contribution < -0.4 is 10.2 Å². The molecule has 1 fully saturated rings. The van der Waals surface area contributed by atoms with Crippen LogP contribution >= 0.6 is 0 Å². The molecule has 1 aromatic carbocycles. The molecule has 0 unspecified atom stereocenters. The molecule has 1 aromatic rings. The summed E-state index contributed by atoms with van der Waals surface area (Å²) in [5.41, 5.74) is 1.27. The van der Waals surface area contributed by atoms with Crippen LogP contribution in [0.25, 0.3) is 0 Å². The van der Waals surface area contributed by atoms with Gasteiger partial charge in [0.15, 0.2) is 0 Å². The van der Waals surface area contributed by atoms with Crippen molar-refractivity contribution in [3.8, 4) is 0 Å². The number of carbonyl (C=O) groups excluding carboxylic acids is 1. The fourth-order valence-electron chi connectivity index (χ4n) is 2.66. The fraction of sp³-hybridized carbons (Fsp3) is 0.562. The Morgan fingerprint density at radius 3 is 2.30 bits per heavy atom. The number of nitro benzene ring substituents is 1. The summed E-state index contributed by atoms with van der Waals surface area (Å²) >= 11 is 0. The summed E-state index contributed by atoms with van der Waals surface area (Å²) in [6.45, 7) is 10.3. The summed E-state index contributed by atoms with van der Waals surface area (Å²) in [6, 6.07) is 5.14. The van der Waals surface area contributed by atoms with Crippen molar-refractivity contribution in [2.45, 2.75) is 33.2 Å². The monoisotopic (exact) mass is 320 g/mol. The standard InChI is InChI=1S/C16H24N4O3/c1-12(21)18-7-9-19(10-8-18)13-5-6-15(20(22)23)14(11-13)17-16(2,3)4/h5-6,11,17H,7-10H2,1-4H3. The van der Waals surface area contributed by atoms with E-state index in [4.69, 9.17) is 0 Å². The Hall–Kier alpha value is -2.31. The molecule has 7 nitrogen and oxygen atoms in total. The number of nitro groups is 1. The van der Waals surface area contributed by atoms with Gasteiger partial charge in [0, 0.05) is 50.4 Å². The van der Waals surface area contributed by atoms with E-state index in [1.54, 1.807) is 19.1 Å². The van der Waals surface area contributed by atoms with Crippen LogP contribution in [0.5, 0.6) is 0 Å². The Morgan fingerprint density at radius 1 is 1.22 bits per heavy atom. The molecule has 1 amide bonds. The molecule has 126 valence electrons. The molecule has 0 aromatic heterocycles. The van der Waals surface area contributed by atoms with Crippen LogP contribution in [-0.2, 0) is 4.79 Å². The maximum absolute atomic E-state index is 11.4. The highest BCUT2D eigenvalue weighted by Gasteiger charge is 2.23. The smallest absolute Gasteiger partial charge is 0.292 e. The molecule has 0 atom stereocenters. The Balaban J connectivity index is 2.22. The van der Waals surface area contributed by atoms with Gasteiger partial charge >= 0.3 is 0 Å². The summed E-state index contributed by atoms with van der Waals surface area (Å²) in [4.78, 5) is 26.2. The second-order valence-corrected chi connectivity index (χ2v) is 6.83. The highest BCUT2D eigenvalue weighted by molar-refractivity contribution is 5.74. The Morgan fingerprint density at radius 2 is 1.83 bits per heavy atom. The molecule has 0 bridgehead atoms. The minimum atomic E-state index is -0.370. The number of piperazine rings is 1. The van der Waals surface area contributed by atoms with Gasteiger partial charge in [-0.3, -0.25) is 14.9 Å². The van der Waals surface area contributed by atoms with Crippen molar-refractivity contribution >= 4 is 23.0 Å². The van der Waals surface area contributed by atoms with Crippen molar-refractivity contribution in [3.05, 3.63) is 28.3 Å². The van der Waals surface area contributed by atoms with Crippen molar-refractivity contribution in [1.29, 1.82) is 0 Å². The van der Waals surface area contributed by atoms with Crippen LogP contribution in [0.15, 0.2) is 18.2 Å². The molecule has 2 rings (SSSR count). The van der Waals surface area contributed by atoms with E-state index in [9.17, 15) is 14.9 Å². The van der Waals surface area contributed by atoms with E-state index in [0.717, 1.165) is 18.8 Å². The molecule has 1 aliphatic rings. The predicted octanol–water partition coefficient (Wildman–Crippen LogP) is 2.47. The topological polar surface area (TPSA) is 78.7 Å². The molecule has 1 saturated heterocycles. The van der Waals surface area contributed by atoms with Crippen molar-refractivity contribution in [2.75, 3.05) is 36.4 Å². The van der Waals surface area contributed by atoms with E-state index >= 15 is 0 Å². The third kappa shape index (κ3) is 4.34. The van der Waals surface area contributed by atoms with Crippen molar-refractivity contribution in [3.63, 3.8) is 0 Å². The Labute approximate surface area is 136 Å². The summed E-state index contributed by atoms with van der Waals surface area (Å²) in [7, 11) is 0. The molecular formula is C16H24N4O3. The third-order valence-corrected chi connectivity index (χ3v) is 3.78. The molecule has 1 aliphatic heterocycles. The van der Waals surface area contributed by atoms with Gasteiger partial charge in [0.05, 0.1) is 4.92 Å². The Bertz CT molecular complexity index is 602. The van der Waals surface area contributed by atoms with Gasteiger partial charge in [0.1, 0.15) is 5.69 Å². The Kier molecular flexibility index (Phi) is 4.77. The van der Waals surface area contributed by atoms with Gasteiger partial charge in [-0.2, -0.15) is 0 Å². The minimum absolute atomic E-state index is 0.0750. The van der Waals surface area contributed by atoms with E-state index in [0.29, 0.717) is 18.8 Å². The van der Waals surface area contributed by atoms with Gasteiger partial charge in [-0.05, 0) is 32.9 Å². The first-order valence-corrected chi connectivity index (χ1v) is 7.74. The van der Waals surface area contributed by atoms with Crippen LogP contribution in [0.1, 0.15) is 27.7 Å². The molecule has 23 heavy (non-hydrogen) atoms. The van der Waals surface area contributed by atoms with Crippen molar-refractivity contribution in [1.82, 2.24) is 4.90 Å². The van der Waals surface area contributed by atoms with Crippen molar-refractivity contribution in [2.24, 2.45) is 0 Å². The van der Waals surface area contributed by atoms with E-state index in [1.165, 1.54) is 0 Å². The average molecular weight is 320 g/mol. The van der Waals surface area contributed by atoms with Crippen LogP contribution in [0.3, 0.4) is 0 Å². The quantitative estimate of drug-likeness (QED) is 0.684. The molecule has 1 N–H and O–H groups in total. The van der Waals surface area contributed by atoms with Gasteiger partial charge in [-0.15, -0.1) is 0 Å². The number of amides is 1. The number of anilines is 2. The first-order chi connectivity index (χ1) is 10.7. The second-order valence-electron chi connectivity index (χ2n) is 6.83. The number of nitrogens with zero attached hydrogens (tertiary/aromatic N) is 3. The molecule has 0 spiro atoms. The summed E-state index contributed by atoms with van der Waals surface area (Å²) < 4.78 is 0. The SMILES string of the molecule is CC(=O)N1CCN(c2ccc([N+](=O)[O-])c(NC(C)(C)C)c2)CC1. The normalized spacial score (nSPS) is 15.5. The summed E-state index contributed by atoms with van der Waals surface area (Å²) in [5.74, 6) is 0.0865. The predicted molar refractivity (Wildman–Crippen MR) is 90.9 cm³/mol. The molecular weight excluding hydrogens is 296 g/mol. The molecule has 0 radical (unpaired) electrons. The number of hydrogen-bond acceptors (Lipinski definition) is 5. The third-order valence-electron chi connectivity index (χ3n) is 3.78. The van der Waals surface area contributed by atoms with Gasteiger partial charge in [-0.25, -0.2) is 0 Å². The first-order valence-electron chi connectivity index (χ1n) is 7.74. The zero-order chi connectivity index (χ0) is 17.2. The maximum Gasteiger partial charge on any atom is 0.292 e. The molecule has 1 heterocycles. The number of hydrogen-bond donors (Lipinski definition) is 1.